The van der Waals surface area contributed by atoms with Crippen molar-refractivity contribution in [2.24, 2.45) is 0 Å². The molecule has 0 saturated carbocycles. The van der Waals surface area contributed by atoms with Crippen LogP contribution in [-0.2, 0) is 22.4 Å². The molecular formula is C19H18F2N2O5S. The first-order chi connectivity index (χ1) is 13.9. The molecule has 0 radical (unpaired) electrons. The third-order valence-corrected chi connectivity index (χ3v) is 5.52. The number of methoxy groups -OCH3 is 1. The number of anilines is 1. The third kappa shape index (κ3) is 4.07. The highest BCUT2D eigenvalue weighted by molar-refractivity contribution is 7.17. The van der Waals surface area contributed by atoms with E-state index in [1.54, 1.807) is 6.92 Å². The largest absolute Gasteiger partial charge is 0.465 e. The molecule has 2 aromatic rings. The minimum absolute atomic E-state index is 0.111. The number of benzene rings is 1. The van der Waals surface area contributed by atoms with Gasteiger partial charge in [0.25, 0.3) is 5.91 Å². The van der Waals surface area contributed by atoms with E-state index >= 15 is 0 Å². The number of hydrogen-bond donors (Lipinski definition) is 1. The summed E-state index contributed by atoms with van der Waals surface area (Å²) < 4.78 is 37.7. The van der Waals surface area contributed by atoms with Gasteiger partial charge in [-0.05, 0) is 31.0 Å². The molecule has 0 spiro atoms. The van der Waals surface area contributed by atoms with Crippen LogP contribution >= 0.6 is 11.3 Å². The van der Waals surface area contributed by atoms with Crippen LogP contribution in [0.25, 0.3) is 0 Å². The van der Waals surface area contributed by atoms with Gasteiger partial charge in [0.05, 0.1) is 25.8 Å². The van der Waals surface area contributed by atoms with Gasteiger partial charge in [0, 0.05) is 11.4 Å². The van der Waals surface area contributed by atoms with Gasteiger partial charge in [-0.15, -0.1) is 11.3 Å². The number of esters is 1. The van der Waals surface area contributed by atoms with Gasteiger partial charge in [-0.1, -0.05) is 6.07 Å². The van der Waals surface area contributed by atoms with E-state index in [-0.39, 0.29) is 23.7 Å². The van der Waals surface area contributed by atoms with Crippen LogP contribution in [0.2, 0.25) is 0 Å². The van der Waals surface area contributed by atoms with E-state index in [4.69, 9.17) is 9.47 Å². The monoisotopic (exact) mass is 424 g/mol. The van der Waals surface area contributed by atoms with Gasteiger partial charge in [-0.25, -0.2) is 18.4 Å². The Hall–Kier alpha value is -3.01. The van der Waals surface area contributed by atoms with Crippen LogP contribution in [0.15, 0.2) is 18.2 Å². The Kier molecular flexibility index (Phi) is 6.12. The standard InChI is InChI=1S/C19H18F2N2O5S/c1-3-28-19(26)23-8-7-10-13(9-23)29-17(14(10)18(25)27-2)22-16(24)15-11(20)5-4-6-12(15)21/h4-6H,3,7-9H2,1-2H3,(H,22,24). The molecule has 7 nitrogen and oxygen atoms in total. The Bertz CT molecular complexity index is 955. The van der Waals surface area contributed by atoms with Crippen molar-refractivity contribution in [1.82, 2.24) is 4.90 Å². The molecule has 0 fully saturated rings. The number of ether oxygens (including phenoxy) is 2. The second-order valence-electron chi connectivity index (χ2n) is 6.12. The van der Waals surface area contributed by atoms with Gasteiger partial charge >= 0.3 is 12.1 Å². The molecule has 0 bridgehead atoms. The summed E-state index contributed by atoms with van der Waals surface area (Å²) in [6.45, 7) is 2.44. The Balaban J connectivity index is 1.94. The number of carbonyl (C=O) groups excluding carboxylic acids is 3. The van der Waals surface area contributed by atoms with Gasteiger partial charge in [-0.2, -0.15) is 0 Å². The molecule has 1 aliphatic heterocycles. The van der Waals surface area contributed by atoms with Gasteiger partial charge < -0.3 is 19.7 Å². The maximum Gasteiger partial charge on any atom is 0.410 e. The number of nitrogens with one attached hydrogen (secondary N) is 1. The zero-order valence-electron chi connectivity index (χ0n) is 15.7. The van der Waals surface area contributed by atoms with E-state index in [1.807, 2.05) is 0 Å². The van der Waals surface area contributed by atoms with Crippen molar-refractivity contribution in [3.8, 4) is 0 Å². The second kappa shape index (κ2) is 8.56. The van der Waals surface area contributed by atoms with Crippen LogP contribution < -0.4 is 5.32 Å². The number of rotatable bonds is 4. The zero-order valence-corrected chi connectivity index (χ0v) is 16.5. The minimum atomic E-state index is -1.02. The van der Waals surface area contributed by atoms with Crippen molar-refractivity contribution >= 4 is 34.3 Å². The number of amides is 2. The molecule has 2 amide bonds. The van der Waals surface area contributed by atoms with Crippen molar-refractivity contribution in [3.05, 3.63) is 51.4 Å². The summed E-state index contributed by atoms with van der Waals surface area (Å²) in [5.41, 5.74) is 0.00986. The van der Waals surface area contributed by atoms with Crippen molar-refractivity contribution < 1.29 is 32.6 Å². The highest BCUT2D eigenvalue weighted by Crippen LogP contribution is 2.38. The maximum atomic E-state index is 13.9. The highest BCUT2D eigenvalue weighted by Gasteiger charge is 2.32. The summed E-state index contributed by atoms with van der Waals surface area (Å²) in [6, 6.07) is 3.08. The Morgan fingerprint density at radius 1 is 1.21 bits per heavy atom. The average Bonchev–Trinajstić information content (AvgIpc) is 3.04. The lowest BCUT2D eigenvalue weighted by Gasteiger charge is -2.26. The Morgan fingerprint density at radius 3 is 2.52 bits per heavy atom. The first-order valence-corrected chi connectivity index (χ1v) is 9.58. The predicted molar refractivity (Wildman–Crippen MR) is 101 cm³/mol. The first kappa shape index (κ1) is 20.7. The van der Waals surface area contributed by atoms with E-state index in [2.05, 4.69) is 5.32 Å². The van der Waals surface area contributed by atoms with E-state index in [0.717, 1.165) is 29.5 Å². The van der Waals surface area contributed by atoms with Crippen LogP contribution in [-0.4, -0.2) is 43.1 Å². The fourth-order valence-corrected chi connectivity index (χ4v) is 4.31. The van der Waals surface area contributed by atoms with Gasteiger partial charge in [0.15, 0.2) is 0 Å². The molecule has 10 heteroatoms. The van der Waals surface area contributed by atoms with Crippen molar-refractivity contribution in [2.75, 3.05) is 25.6 Å². The van der Waals surface area contributed by atoms with Gasteiger partial charge in [-0.3, -0.25) is 4.79 Å². The van der Waals surface area contributed by atoms with Crippen LogP contribution in [0.4, 0.5) is 18.6 Å². The molecule has 1 aromatic heterocycles. The van der Waals surface area contributed by atoms with Crippen molar-refractivity contribution in [3.63, 3.8) is 0 Å². The van der Waals surface area contributed by atoms with Crippen LogP contribution in [0.5, 0.6) is 0 Å². The fourth-order valence-electron chi connectivity index (χ4n) is 3.06. The summed E-state index contributed by atoms with van der Waals surface area (Å²) in [7, 11) is 1.20. The number of nitrogens with zero attached hydrogens (tertiary/aromatic N) is 1. The fraction of sp³-hybridized carbons (Fsp3) is 0.316. The number of carbonyl (C=O) groups is 3. The maximum absolute atomic E-state index is 13.9. The molecule has 3 rings (SSSR count). The number of fused-ring (bicyclic) bond motifs is 1. The Morgan fingerprint density at radius 2 is 1.90 bits per heavy atom. The minimum Gasteiger partial charge on any atom is -0.465 e. The molecule has 29 heavy (non-hydrogen) atoms. The summed E-state index contributed by atoms with van der Waals surface area (Å²) in [4.78, 5) is 38.9. The quantitative estimate of drug-likeness (QED) is 0.759. The summed E-state index contributed by atoms with van der Waals surface area (Å²) in [5.74, 6) is -3.74. The summed E-state index contributed by atoms with van der Waals surface area (Å²) in [5, 5.41) is 2.53. The molecule has 1 aliphatic rings. The predicted octanol–water partition coefficient (Wildman–Crippen LogP) is 3.58. The molecule has 2 heterocycles. The highest BCUT2D eigenvalue weighted by atomic mass is 32.1. The number of thiophene rings is 1. The third-order valence-electron chi connectivity index (χ3n) is 4.39. The molecule has 1 N–H and O–H groups in total. The summed E-state index contributed by atoms with van der Waals surface area (Å²) in [6.07, 6.45) is -0.135. The normalized spacial score (nSPS) is 12.9. The molecular weight excluding hydrogens is 406 g/mol. The van der Waals surface area contributed by atoms with E-state index < -0.39 is 35.2 Å². The van der Waals surface area contributed by atoms with Crippen LogP contribution in [0.1, 0.15) is 38.1 Å². The lowest BCUT2D eigenvalue weighted by atomic mass is 10.0. The van der Waals surface area contributed by atoms with Gasteiger partial charge in [0.2, 0.25) is 0 Å². The van der Waals surface area contributed by atoms with Crippen molar-refractivity contribution in [1.29, 1.82) is 0 Å². The smallest absolute Gasteiger partial charge is 0.410 e. The van der Waals surface area contributed by atoms with Gasteiger partial charge in [0.1, 0.15) is 22.2 Å². The molecule has 0 unspecified atom stereocenters. The van der Waals surface area contributed by atoms with Crippen molar-refractivity contribution in [2.45, 2.75) is 19.9 Å². The lowest BCUT2D eigenvalue weighted by molar-refractivity contribution is 0.0600. The number of hydrogen-bond acceptors (Lipinski definition) is 6. The summed E-state index contributed by atoms with van der Waals surface area (Å²) >= 11 is 1.05. The molecule has 1 aromatic carbocycles. The topological polar surface area (TPSA) is 84.9 Å². The SMILES string of the molecule is CCOC(=O)N1CCc2c(sc(NC(=O)c3c(F)cccc3F)c2C(=O)OC)C1. The van der Waals surface area contributed by atoms with E-state index in [1.165, 1.54) is 12.0 Å². The lowest BCUT2D eigenvalue weighted by Crippen LogP contribution is -2.36. The van der Waals surface area contributed by atoms with Crippen LogP contribution in [0, 0.1) is 11.6 Å². The zero-order chi connectivity index (χ0) is 21.1. The second-order valence-corrected chi connectivity index (χ2v) is 7.23. The molecule has 154 valence electrons. The molecule has 0 aliphatic carbocycles. The van der Waals surface area contributed by atoms with E-state index in [9.17, 15) is 23.2 Å². The molecule has 0 atom stereocenters. The number of halogens is 2. The molecule has 0 saturated heterocycles. The van der Waals surface area contributed by atoms with Crippen LogP contribution in [0.3, 0.4) is 0 Å². The average molecular weight is 424 g/mol. The Labute approximate surface area is 169 Å². The first-order valence-electron chi connectivity index (χ1n) is 8.77. The van der Waals surface area contributed by atoms with E-state index in [0.29, 0.717) is 23.4 Å².